The average molecular weight is 288 g/mol. The molecule has 2 aromatic carbocycles. The maximum absolute atomic E-state index is 11.3. The van der Waals surface area contributed by atoms with Crippen LogP contribution in [0.1, 0.15) is 15.9 Å². The van der Waals surface area contributed by atoms with Crippen molar-refractivity contribution in [3.05, 3.63) is 59.7 Å². The molecular formula is C16H16O3S. The number of para-hydroxylation sites is 1. The van der Waals surface area contributed by atoms with Gasteiger partial charge in [-0.2, -0.15) is 0 Å². The molecule has 0 aliphatic carbocycles. The molecule has 0 fully saturated rings. The quantitative estimate of drug-likeness (QED) is 0.619. The first-order valence-corrected chi connectivity index (χ1v) is 7.16. The first-order chi connectivity index (χ1) is 9.74. The van der Waals surface area contributed by atoms with Crippen molar-refractivity contribution in [3.63, 3.8) is 0 Å². The molecule has 0 amide bonds. The van der Waals surface area contributed by atoms with E-state index in [4.69, 9.17) is 4.74 Å². The molecule has 0 radical (unpaired) electrons. The summed E-state index contributed by atoms with van der Waals surface area (Å²) in [4.78, 5) is 12.4. The lowest BCUT2D eigenvalue weighted by molar-refractivity contribution is 0.0600. The molecule has 0 saturated carbocycles. The maximum atomic E-state index is 11.3. The molecule has 0 aromatic heterocycles. The van der Waals surface area contributed by atoms with E-state index in [2.05, 4.69) is 4.74 Å². The standard InChI is InChI=1S/C16H16O3S/c1-18-14-5-3-4-6-15(14)20-11-12-7-9-13(10-8-12)16(17)19-2/h3-10H,11H2,1-2H3. The number of thioether (sulfide) groups is 1. The smallest absolute Gasteiger partial charge is 0.337 e. The van der Waals surface area contributed by atoms with Gasteiger partial charge in [-0.1, -0.05) is 24.3 Å². The van der Waals surface area contributed by atoms with Crippen molar-refractivity contribution in [2.45, 2.75) is 10.6 Å². The topological polar surface area (TPSA) is 35.5 Å². The number of carbonyl (C=O) groups excluding carboxylic acids is 1. The van der Waals surface area contributed by atoms with Crippen LogP contribution in [0.4, 0.5) is 0 Å². The highest BCUT2D eigenvalue weighted by molar-refractivity contribution is 7.98. The van der Waals surface area contributed by atoms with Crippen LogP contribution in [0.15, 0.2) is 53.4 Å². The van der Waals surface area contributed by atoms with Crippen molar-refractivity contribution in [1.82, 2.24) is 0 Å². The Balaban J connectivity index is 2.02. The highest BCUT2D eigenvalue weighted by atomic mass is 32.2. The Kier molecular flexibility index (Phi) is 5.07. The zero-order chi connectivity index (χ0) is 14.4. The van der Waals surface area contributed by atoms with E-state index in [9.17, 15) is 4.79 Å². The van der Waals surface area contributed by atoms with Crippen LogP contribution in [-0.2, 0) is 10.5 Å². The van der Waals surface area contributed by atoms with Gasteiger partial charge in [0.2, 0.25) is 0 Å². The summed E-state index contributed by atoms with van der Waals surface area (Å²) in [6.07, 6.45) is 0. The van der Waals surface area contributed by atoms with Crippen molar-refractivity contribution >= 4 is 17.7 Å². The Hall–Kier alpha value is -1.94. The Morgan fingerprint density at radius 3 is 2.40 bits per heavy atom. The largest absolute Gasteiger partial charge is 0.496 e. The summed E-state index contributed by atoms with van der Waals surface area (Å²) in [6.45, 7) is 0. The van der Waals surface area contributed by atoms with Gasteiger partial charge in [-0.15, -0.1) is 11.8 Å². The van der Waals surface area contributed by atoms with E-state index in [-0.39, 0.29) is 5.97 Å². The molecule has 0 aliphatic rings. The molecule has 0 saturated heterocycles. The van der Waals surface area contributed by atoms with Crippen molar-refractivity contribution in [1.29, 1.82) is 0 Å². The summed E-state index contributed by atoms with van der Waals surface area (Å²) in [5.74, 6) is 1.39. The third-order valence-corrected chi connectivity index (χ3v) is 3.96. The van der Waals surface area contributed by atoms with Gasteiger partial charge < -0.3 is 9.47 Å². The fourth-order valence-electron chi connectivity index (χ4n) is 1.75. The number of carbonyl (C=O) groups is 1. The third-order valence-electron chi connectivity index (χ3n) is 2.84. The molecule has 0 unspecified atom stereocenters. The van der Waals surface area contributed by atoms with Crippen LogP contribution in [0.25, 0.3) is 0 Å². The van der Waals surface area contributed by atoms with Gasteiger partial charge >= 0.3 is 5.97 Å². The van der Waals surface area contributed by atoms with Crippen molar-refractivity contribution < 1.29 is 14.3 Å². The van der Waals surface area contributed by atoms with E-state index in [1.165, 1.54) is 7.11 Å². The van der Waals surface area contributed by atoms with Gasteiger partial charge in [0.25, 0.3) is 0 Å². The molecule has 3 nitrogen and oxygen atoms in total. The van der Waals surface area contributed by atoms with Crippen LogP contribution in [0.2, 0.25) is 0 Å². The van der Waals surface area contributed by atoms with Crippen LogP contribution in [0.5, 0.6) is 5.75 Å². The average Bonchev–Trinajstić information content (AvgIpc) is 2.53. The highest BCUT2D eigenvalue weighted by Crippen LogP contribution is 2.31. The summed E-state index contributed by atoms with van der Waals surface area (Å²) in [5, 5.41) is 0. The molecule has 0 heterocycles. The van der Waals surface area contributed by atoms with Crippen molar-refractivity contribution in [3.8, 4) is 5.75 Å². The molecule has 0 aliphatic heterocycles. The first kappa shape index (κ1) is 14.5. The Labute approximate surface area is 122 Å². The lowest BCUT2D eigenvalue weighted by Gasteiger charge is -2.08. The molecule has 2 aromatic rings. The van der Waals surface area contributed by atoms with Crippen LogP contribution in [-0.4, -0.2) is 20.2 Å². The Morgan fingerprint density at radius 2 is 1.75 bits per heavy atom. The SMILES string of the molecule is COC(=O)c1ccc(CSc2ccccc2OC)cc1. The molecule has 4 heteroatoms. The maximum Gasteiger partial charge on any atom is 0.337 e. The summed E-state index contributed by atoms with van der Waals surface area (Å²) in [5.41, 5.74) is 1.71. The van der Waals surface area contributed by atoms with Gasteiger partial charge in [-0.3, -0.25) is 0 Å². The lowest BCUT2D eigenvalue weighted by Crippen LogP contribution is -2.00. The van der Waals surface area contributed by atoms with E-state index < -0.39 is 0 Å². The first-order valence-electron chi connectivity index (χ1n) is 6.17. The predicted molar refractivity (Wildman–Crippen MR) is 80.3 cm³/mol. The number of hydrogen-bond acceptors (Lipinski definition) is 4. The van der Waals surface area contributed by atoms with Gasteiger partial charge in [0.05, 0.1) is 19.8 Å². The normalized spacial score (nSPS) is 10.1. The van der Waals surface area contributed by atoms with Gasteiger partial charge in [-0.25, -0.2) is 4.79 Å². The molecule has 0 spiro atoms. The molecule has 0 bridgehead atoms. The van der Waals surface area contributed by atoms with Crippen LogP contribution >= 0.6 is 11.8 Å². The lowest BCUT2D eigenvalue weighted by atomic mass is 10.1. The van der Waals surface area contributed by atoms with E-state index >= 15 is 0 Å². The van der Waals surface area contributed by atoms with Gasteiger partial charge in [-0.05, 0) is 29.8 Å². The summed E-state index contributed by atoms with van der Waals surface area (Å²) in [6, 6.07) is 15.4. The zero-order valence-electron chi connectivity index (χ0n) is 11.5. The third kappa shape index (κ3) is 3.54. The van der Waals surface area contributed by atoms with Crippen LogP contribution in [0, 0.1) is 0 Å². The number of ether oxygens (including phenoxy) is 2. The molecule has 0 atom stereocenters. The fraction of sp³-hybridized carbons (Fsp3) is 0.188. The molecular weight excluding hydrogens is 272 g/mol. The monoisotopic (exact) mass is 288 g/mol. The van der Waals surface area contributed by atoms with Gasteiger partial charge in [0, 0.05) is 10.6 Å². The fourth-order valence-corrected chi connectivity index (χ4v) is 2.74. The molecule has 104 valence electrons. The van der Waals surface area contributed by atoms with Gasteiger partial charge in [0.15, 0.2) is 0 Å². The summed E-state index contributed by atoms with van der Waals surface area (Å²) in [7, 11) is 3.05. The minimum Gasteiger partial charge on any atom is -0.496 e. The van der Waals surface area contributed by atoms with E-state index in [0.717, 1.165) is 22.0 Å². The minimum absolute atomic E-state index is 0.311. The second kappa shape index (κ2) is 7.01. The van der Waals surface area contributed by atoms with Crippen molar-refractivity contribution in [2.75, 3.05) is 14.2 Å². The molecule has 20 heavy (non-hydrogen) atoms. The van der Waals surface area contributed by atoms with Crippen molar-refractivity contribution in [2.24, 2.45) is 0 Å². The van der Waals surface area contributed by atoms with E-state index in [0.29, 0.717) is 5.56 Å². The number of hydrogen-bond donors (Lipinski definition) is 0. The Bertz CT molecular complexity index is 579. The number of benzene rings is 2. The van der Waals surface area contributed by atoms with Crippen LogP contribution in [0.3, 0.4) is 0 Å². The second-order valence-corrected chi connectivity index (χ2v) is 5.15. The van der Waals surface area contributed by atoms with E-state index in [1.54, 1.807) is 31.0 Å². The van der Waals surface area contributed by atoms with Gasteiger partial charge in [0.1, 0.15) is 5.75 Å². The highest BCUT2D eigenvalue weighted by Gasteiger charge is 2.06. The minimum atomic E-state index is -0.311. The Morgan fingerprint density at radius 1 is 1.05 bits per heavy atom. The number of methoxy groups -OCH3 is 2. The van der Waals surface area contributed by atoms with Crippen LogP contribution < -0.4 is 4.74 Å². The van der Waals surface area contributed by atoms with E-state index in [1.807, 2.05) is 36.4 Å². The predicted octanol–water partition coefficient (Wildman–Crippen LogP) is 3.77. The summed E-state index contributed by atoms with van der Waals surface area (Å²) < 4.78 is 9.99. The number of rotatable bonds is 5. The number of esters is 1. The second-order valence-electron chi connectivity index (χ2n) is 4.13. The zero-order valence-corrected chi connectivity index (χ0v) is 12.3. The molecule has 2 rings (SSSR count). The summed E-state index contributed by atoms with van der Waals surface area (Å²) >= 11 is 1.70. The molecule has 0 N–H and O–H groups in total.